The second kappa shape index (κ2) is 8.36. The summed E-state index contributed by atoms with van der Waals surface area (Å²) in [6, 6.07) is 5.59. The number of aromatic nitrogens is 7. The molecule has 0 amide bonds. The quantitative estimate of drug-likeness (QED) is 0.375. The molecule has 5 heterocycles. The van der Waals surface area contributed by atoms with Gasteiger partial charge in [-0.2, -0.15) is 18.3 Å². The van der Waals surface area contributed by atoms with Gasteiger partial charge in [0.15, 0.2) is 5.82 Å². The Hall–Kier alpha value is -3.34. The molecule has 36 heavy (non-hydrogen) atoms. The molecule has 0 unspecified atom stereocenters. The molecule has 188 valence electrons. The lowest BCUT2D eigenvalue weighted by Crippen LogP contribution is -2.42. The number of alkyl halides is 3. The fourth-order valence-electron chi connectivity index (χ4n) is 5.46. The van der Waals surface area contributed by atoms with E-state index < -0.39 is 11.6 Å². The maximum atomic E-state index is 14.3. The van der Waals surface area contributed by atoms with Crippen molar-refractivity contribution in [2.45, 2.75) is 56.8 Å². The standard InChI is InChI=1S/C24H24ClF3N8/c1-34-20(5-8-30-34)31-19-12-16(17(25)13-29-19)15-11-18-21-32-33-22(36(21)10-4-9-35(18)14-15)23(24(26,27)28)6-2-3-7-23/h5,8,11-14H,2-4,6-7,9-10H2,1H3,(H,29,31). The van der Waals surface area contributed by atoms with Gasteiger partial charge in [-0.3, -0.25) is 4.68 Å². The molecule has 0 spiro atoms. The van der Waals surface area contributed by atoms with Crippen molar-refractivity contribution in [1.29, 1.82) is 0 Å². The van der Waals surface area contributed by atoms with Gasteiger partial charge in [0.1, 0.15) is 22.9 Å². The third kappa shape index (κ3) is 3.59. The number of rotatable bonds is 4. The van der Waals surface area contributed by atoms with Gasteiger partial charge in [0.05, 0.1) is 16.9 Å². The van der Waals surface area contributed by atoms with Gasteiger partial charge >= 0.3 is 6.18 Å². The minimum atomic E-state index is -4.37. The lowest BCUT2D eigenvalue weighted by molar-refractivity contribution is -0.192. The molecule has 4 aromatic rings. The van der Waals surface area contributed by atoms with Crippen molar-refractivity contribution in [3.05, 3.63) is 47.6 Å². The first-order chi connectivity index (χ1) is 17.3. The van der Waals surface area contributed by atoms with Crippen LogP contribution in [0.25, 0.3) is 22.6 Å². The van der Waals surface area contributed by atoms with E-state index in [-0.39, 0.29) is 18.7 Å². The lowest BCUT2D eigenvalue weighted by atomic mass is 9.84. The van der Waals surface area contributed by atoms with Crippen LogP contribution in [-0.4, -0.2) is 40.3 Å². The molecular formula is C24H24ClF3N8. The highest BCUT2D eigenvalue weighted by molar-refractivity contribution is 6.33. The molecule has 1 N–H and O–H groups in total. The molecule has 1 aliphatic heterocycles. The molecule has 0 atom stereocenters. The Balaban J connectivity index is 1.40. The van der Waals surface area contributed by atoms with E-state index in [9.17, 15) is 13.2 Å². The molecule has 12 heteroatoms. The van der Waals surface area contributed by atoms with Gasteiger partial charge in [-0.25, -0.2) is 4.98 Å². The average Bonchev–Trinajstić information content (AvgIpc) is 3.61. The summed E-state index contributed by atoms with van der Waals surface area (Å²) in [5.41, 5.74) is 0.384. The summed E-state index contributed by atoms with van der Waals surface area (Å²) in [5.74, 6) is 1.87. The van der Waals surface area contributed by atoms with Gasteiger partial charge in [-0.1, -0.05) is 24.4 Å². The zero-order valence-corrected chi connectivity index (χ0v) is 20.3. The van der Waals surface area contributed by atoms with Crippen LogP contribution in [0.15, 0.2) is 36.8 Å². The van der Waals surface area contributed by atoms with Crippen LogP contribution in [0.5, 0.6) is 0 Å². The smallest absolute Gasteiger partial charge is 0.344 e. The first-order valence-corrected chi connectivity index (χ1v) is 12.3. The summed E-state index contributed by atoms with van der Waals surface area (Å²) in [6.07, 6.45) is 2.72. The van der Waals surface area contributed by atoms with E-state index in [1.54, 1.807) is 21.6 Å². The largest absolute Gasteiger partial charge is 0.401 e. The van der Waals surface area contributed by atoms with Crippen LogP contribution in [0.1, 0.15) is 37.9 Å². The van der Waals surface area contributed by atoms with E-state index in [0.29, 0.717) is 49.0 Å². The highest BCUT2D eigenvalue weighted by Crippen LogP contribution is 2.52. The number of hydrogen-bond acceptors (Lipinski definition) is 5. The summed E-state index contributed by atoms with van der Waals surface area (Å²) in [4.78, 5) is 4.37. The highest BCUT2D eigenvalue weighted by Gasteiger charge is 2.60. The molecule has 6 rings (SSSR count). The van der Waals surface area contributed by atoms with E-state index in [4.69, 9.17) is 11.6 Å². The van der Waals surface area contributed by atoms with Crippen LogP contribution >= 0.6 is 11.6 Å². The minimum absolute atomic E-state index is 0.0447. The molecule has 1 saturated carbocycles. The van der Waals surface area contributed by atoms with Crippen molar-refractivity contribution in [1.82, 2.24) is 34.1 Å². The van der Waals surface area contributed by atoms with Gasteiger partial charge in [0.25, 0.3) is 0 Å². The first kappa shape index (κ1) is 23.1. The number of halogens is 4. The van der Waals surface area contributed by atoms with Crippen LogP contribution in [0.2, 0.25) is 5.02 Å². The van der Waals surface area contributed by atoms with E-state index in [0.717, 1.165) is 22.6 Å². The van der Waals surface area contributed by atoms with Gasteiger partial charge in [-0.05, 0) is 31.4 Å². The second-order valence-corrected chi connectivity index (χ2v) is 9.87. The van der Waals surface area contributed by atoms with Gasteiger partial charge in [0.2, 0.25) is 0 Å². The zero-order valence-electron chi connectivity index (χ0n) is 19.6. The molecule has 8 nitrogen and oxygen atoms in total. The fraction of sp³-hybridized carbons (Fsp3) is 0.417. The maximum Gasteiger partial charge on any atom is 0.401 e. The van der Waals surface area contributed by atoms with Gasteiger partial charge < -0.3 is 14.5 Å². The lowest BCUT2D eigenvalue weighted by Gasteiger charge is -2.30. The predicted molar refractivity (Wildman–Crippen MR) is 129 cm³/mol. The molecular weight excluding hydrogens is 493 g/mol. The van der Waals surface area contributed by atoms with Crippen molar-refractivity contribution >= 4 is 23.2 Å². The molecule has 0 aromatic carbocycles. The zero-order chi connectivity index (χ0) is 25.1. The van der Waals surface area contributed by atoms with E-state index in [2.05, 4.69) is 25.6 Å². The average molecular weight is 517 g/mol. The van der Waals surface area contributed by atoms with E-state index in [1.807, 2.05) is 36.0 Å². The van der Waals surface area contributed by atoms with E-state index >= 15 is 0 Å². The molecule has 1 fully saturated rings. The Bertz CT molecular complexity index is 1430. The number of anilines is 2. The molecule has 2 aliphatic rings. The Kier molecular flexibility index (Phi) is 5.36. The topological polar surface area (TPSA) is 78.4 Å². The molecule has 4 aromatic heterocycles. The van der Waals surface area contributed by atoms with Crippen LogP contribution < -0.4 is 5.32 Å². The summed E-state index contributed by atoms with van der Waals surface area (Å²) in [6.45, 7) is 1.10. The highest BCUT2D eigenvalue weighted by atomic mass is 35.5. The van der Waals surface area contributed by atoms with Crippen molar-refractivity contribution in [3.8, 4) is 22.6 Å². The Morgan fingerprint density at radius 3 is 2.61 bits per heavy atom. The Labute approximate surface area is 210 Å². The monoisotopic (exact) mass is 516 g/mol. The van der Waals surface area contributed by atoms with Crippen LogP contribution in [-0.2, 0) is 25.6 Å². The van der Waals surface area contributed by atoms with Crippen molar-refractivity contribution in [2.75, 3.05) is 5.32 Å². The third-order valence-corrected chi connectivity index (χ3v) is 7.63. The Morgan fingerprint density at radius 1 is 1.08 bits per heavy atom. The minimum Gasteiger partial charge on any atom is -0.344 e. The Morgan fingerprint density at radius 2 is 1.89 bits per heavy atom. The molecule has 0 bridgehead atoms. The number of hydrogen-bond donors (Lipinski definition) is 1. The second-order valence-electron chi connectivity index (χ2n) is 9.46. The summed E-state index contributed by atoms with van der Waals surface area (Å²) in [5, 5.41) is 16.3. The van der Waals surface area contributed by atoms with Gasteiger partial charge in [-0.15, -0.1) is 10.2 Å². The molecule has 1 aliphatic carbocycles. The number of pyridine rings is 1. The third-order valence-electron chi connectivity index (χ3n) is 7.33. The van der Waals surface area contributed by atoms with Crippen LogP contribution in [0.3, 0.4) is 0 Å². The number of nitrogens with zero attached hydrogens (tertiary/aromatic N) is 7. The predicted octanol–water partition coefficient (Wildman–Crippen LogP) is 5.72. The summed E-state index contributed by atoms with van der Waals surface area (Å²) < 4.78 is 48.3. The maximum absolute atomic E-state index is 14.3. The fourth-order valence-corrected chi connectivity index (χ4v) is 5.67. The number of nitrogens with one attached hydrogen (secondary N) is 1. The van der Waals surface area contributed by atoms with Crippen molar-refractivity contribution in [2.24, 2.45) is 7.05 Å². The number of fused-ring (bicyclic) bond motifs is 3. The van der Waals surface area contributed by atoms with Crippen molar-refractivity contribution < 1.29 is 13.2 Å². The SMILES string of the molecule is Cn1nccc1Nc1cc(-c2cc3n(c2)CCCn2c-3nnc2C2(C(F)(F)F)CCCC2)c(Cl)cn1. The van der Waals surface area contributed by atoms with Crippen molar-refractivity contribution in [3.63, 3.8) is 0 Å². The van der Waals surface area contributed by atoms with E-state index in [1.165, 1.54) is 0 Å². The first-order valence-electron chi connectivity index (χ1n) is 11.9. The van der Waals surface area contributed by atoms with Gasteiger partial charge in [0, 0.05) is 49.7 Å². The summed E-state index contributed by atoms with van der Waals surface area (Å²) in [7, 11) is 1.82. The van der Waals surface area contributed by atoms with Crippen LogP contribution in [0.4, 0.5) is 24.8 Å². The summed E-state index contributed by atoms with van der Waals surface area (Å²) >= 11 is 6.52. The normalized spacial score (nSPS) is 17.0. The molecule has 0 saturated heterocycles. The molecule has 0 radical (unpaired) electrons. The van der Waals surface area contributed by atoms with Crippen LogP contribution in [0, 0.1) is 0 Å². The number of aryl methyl sites for hydroxylation is 2.